The first-order valence-electron chi connectivity index (χ1n) is 5.81. The van der Waals surface area contributed by atoms with Crippen LogP contribution >= 0.6 is 0 Å². The third-order valence-corrected chi connectivity index (χ3v) is 3.01. The van der Waals surface area contributed by atoms with Gasteiger partial charge in [-0.05, 0) is 37.5 Å². The Hall–Kier alpha value is -1.42. The predicted octanol–water partition coefficient (Wildman–Crippen LogP) is 1.73. The second-order valence-electron chi connectivity index (χ2n) is 4.42. The van der Waals surface area contributed by atoms with Crippen LogP contribution in [0.25, 0.3) is 0 Å². The van der Waals surface area contributed by atoms with E-state index in [9.17, 15) is 9.18 Å². The predicted molar refractivity (Wildman–Crippen MR) is 62.3 cm³/mol. The van der Waals surface area contributed by atoms with Crippen molar-refractivity contribution in [2.75, 3.05) is 13.2 Å². The summed E-state index contributed by atoms with van der Waals surface area (Å²) in [6.07, 6.45) is 1.94. The molecular weight excluding hydrogens is 221 g/mol. The van der Waals surface area contributed by atoms with E-state index < -0.39 is 0 Å². The molecule has 0 saturated heterocycles. The van der Waals surface area contributed by atoms with Crippen molar-refractivity contribution in [3.05, 3.63) is 35.1 Å². The molecule has 3 nitrogen and oxygen atoms in total. The van der Waals surface area contributed by atoms with Gasteiger partial charge < -0.3 is 10.0 Å². The molecule has 0 unspecified atom stereocenters. The molecule has 1 N–H and O–H groups in total. The van der Waals surface area contributed by atoms with E-state index in [-0.39, 0.29) is 24.4 Å². The average Bonchev–Trinajstić information content (AvgIpc) is 3.13. The van der Waals surface area contributed by atoms with Gasteiger partial charge in [-0.1, -0.05) is 6.07 Å². The highest BCUT2D eigenvalue weighted by atomic mass is 19.1. The lowest BCUT2D eigenvalue weighted by Crippen LogP contribution is -2.35. The first kappa shape index (κ1) is 12.0. The summed E-state index contributed by atoms with van der Waals surface area (Å²) in [7, 11) is 0. The van der Waals surface area contributed by atoms with Crippen molar-refractivity contribution in [1.29, 1.82) is 0 Å². The van der Waals surface area contributed by atoms with Crippen LogP contribution in [0, 0.1) is 12.7 Å². The molecule has 17 heavy (non-hydrogen) atoms. The van der Waals surface area contributed by atoms with Gasteiger partial charge in [-0.3, -0.25) is 4.79 Å². The summed E-state index contributed by atoms with van der Waals surface area (Å²) >= 11 is 0. The Balaban J connectivity index is 2.19. The van der Waals surface area contributed by atoms with Crippen LogP contribution < -0.4 is 0 Å². The van der Waals surface area contributed by atoms with Gasteiger partial charge in [-0.25, -0.2) is 4.39 Å². The maximum atomic E-state index is 13.4. The van der Waals surface area contributed by atoms with E-state index in [2.05, 4.69) is 0 Å². The first-order chi connectivity index (χ1) is 8.13. The van der Waals surface area contributed by atoms with Gasteiger partial charge >= 0.3 is 0 Å². The van der Waals surface area contributed by atoms with Gasteiger partial charge in [-0.15, -0.1) is 0 Å². The van der Waals surface area contributed by atoms with E-state index >= 15 is 0 Å². The number of aliphatic hydroxyl groups is 1. The Kier molecular flexibility index (Phi) is 3.43. The molecule has 1 aromatic rings. The third kappa shape index (κ3) is 2.64. The zero-order valence-corrected chi connectivity index (χ0v) is 9.82. The molecule has 0 bridgehead atoms. The second kappa shape index (κ2) is 4.84. The minimum atomic E-state index is -0.365. The topological polar surface area (TPSA) is 40.5 Å². The van der Waals surface area contributed by atoms with Gasteiger partial charge in [0.05, 0.1) is 6.61 Å². The van der Waals surface area contributed by atoms with E-state index in [1.165, 1.54) is 6.07 Å². The highest BCUT2D eigenvalue weighted by molar-refractivity contribution is 5.94. The van der Waals surface area contributed by atoms with Gasteiger partial charge in [0, 0.05) is 18.2 Å². The fourth-order valence-corrected chi connectivity index (χ4v) is 1.84. The fourth-order valence-electron chi connectivity index (χ4n) is 1.84. The summed E-state index contributed by atoms with van der Waals surface area (Å²) in [6, 6.07) is 4.73. The normalized spacial score (nSPS) is 14.8. The van der Waals surface area contributed by atoms with Gasteiger partial charge in [0.1, 0.15) is 5.82 Å². The number of hydrogen-bond acceptors (Lipinski definition) is 2. The molecule has 1 saturated carbocycles. The Bertz CT molecular complexity index is 429. The van der Waals surface area contributed by atoms with Crippen LogP contribution in [0.4, 0.5) is 4.39 Å². The van der Waals surface area contributed by atoms with Gasteiger partial charge in [0.25, 0.3) is 5.91 Å². The molecular formula is C13H16FNO2. The Morgan fingerprint density at radius 1 is 1.53 bits per heavy atom. The van der Waals surface area contributed by atoms with Crippen molar-refractivity contribution in [3.8, 4) is 0 Å². The highest BCUT2D eigenvalue weighted by Crippen LogP contribution is 2.28. The first-order valence-corrected chi connectivity index (χ1v) is 5.81. The average molecular weight is 237 g/mol. The monoisotopic (exact) mass is 237 g/mol. The quantitative estimate of drug-likeness (QED) is 0.866. The van der Waals surface area contributed by atoms with Crippen LogP contribution in [0.2, 0.25) is 0 Å². The van der Waals surface area contributed by atoms with Crippen molar-refractivity contribution in [1.82, 2.24) is 4.90 Å². The lowest BCUT2D eigenvalue weighted by molar-refractivity contribution is 0.0707. The SMILES string of the molecule is Cc1ccc(C(=O)N(CCO)C2CC2)cc1F. The summed E-state index contributed by atoms with van der Waals surface area (Å²) in [4.78, 5) is 13.8. The summed E-state index contributed by atoms with van der Waals surface area (Å²) in [6.45, 7) is 1.92. The van der Waals surface area contributed by atoms with Crippen molar-refractivity contribution >= 4 is 5.91 Å². The van der Waals surface area contributed by atoms with Crippen molar-refractivity contribution in [3.63, 3.8) is 0 Å². The minimum absolute atomic E-state index is 0.0589. The highest BCUT2D eigenvalue weighted by Gasteiger charge is 2.32. The van der Waals surface area contributed by atoms with Crippen LogP contribution in [0.5, 0.6) is 0 Å². The van der Waals surface area contributed by atoms with Crippen LogP contribution in [0.3, 0.4) is 0 Å². The number of benzene rings is 1. The molecule has 0 radical (unpaired) electrons. The lowest BCUT2D eigenvalue weighted by atomic mass is 10.1. The number of aliphatic hydroxyl groups excluding tert-OH is 1. The van der Waals surface area contributed by atoms with Crippen LogP contribution in [-0.2, 0) is 0 Å². The van der Waals surface area contributed by atoms with E-state index in [0.717, 1.165) is 12.8 Å². The molecule has 0 atom stereocenters. The summed E-state index contributed by atoms with van der Waals surface area (Å²) < 4.78 is 13.4. The standard InChI is InChI=1S/C13H16FNO2/c1-9-2-3-10(8-12(9)14)13(17)15(6-7-16)11-4-5-11/h2-3,8,11,16H,4-7H2,1H3. The molecule has 0 spiro atoms. The van der Waals surface area contributed by atoms with E-state index in [4.69, 9.17) is 5.11 Å². The van der Waals surface area contributed by atoms with E-state index in [1.54, 1.807) is 24.0 Å². The number of hydrogen-bond donors (Lipinski definition) is 1. The molecule has 1 fully saturated rings. The Labute approximate surface area is 99.9 Å². The molecule has 92 valence electrons. The minimum Gasteiger partial charge on any atom is -0.395 e. The summed E-state index contributed by atoms with van der Waals surface area (Å²) in [5.41, 5.74) is 0.884. The van der Waals surface area contributed by atoms with Crippen molar-refractivity contribution in [2.24, 2.45) is 0 Å². The zero-order chi connectivity index (χ0) is 12.4. The van der Waals surface area contributed by atoms with Gasteiger partial charge in [0.15, 0.2) is 0 Å². The zero-order valence-electron chi connectivity index (χ0n) is 9.82. The summed E-state index contributed by atoms with van der Waals surface area (Å²) in [5, 5.41) is 8.94. The largest absolute Gasteiger partial charge is 0.395 e. The van der Waals surface area contributed by atoms with Gasteiger partial charge in [-0.2, -0.15) is 0 Å². The van der Waals surface area contributed by atoms with Crippen LogP contribution in [-0.4, -0.2) is 35.1 Å². The molecule has 0 aliphatic heterocycles. The number of aryl methyl sites for hydroxylation is 1. The molecule has 4 heteroatoms. The third-order valence-electron chi connectivity index (χ3n) is 3.01. The van der Waals surface area contributed by atoms with Crippen molar-refractivity contribution < 1.29 is 14.3 Å². The number of halogens is 1. The molecule has 1 aromatic carbocycles. The van der Waals surface area contributed by atoms with Crippen LogP contribution in [0.1, 0.15) is 28.8 Å². The second-order valence-corrected chi connectivity index (χ2v) is 4.42. The van der Waals surface area contributed by atoms with E-state index in [1.807, 2.05) is 0 Å². The molecule has 0 aromatic heterocycles. The maximum Gasteiger partial charge on any atom is 0.254 e. The molecule has 1 aliphatic rings. The number of carbonyl (C=O) groups excluding carboxylic acids is 1. The Morgan fingerprint density at radius 3 is 2.76 bits per heavy atom. The molecule has 2 rings (SSSR count). The smallest absolute Gasteiger partial charge is 0.254 e. The molecule has 1 aliphatic carbocycles. The lowest BCUT2D eigenvalue weighted by Gasteiger charge is -2.21. The number of rotatable bonds is 4. The van der Waals surface area contributed by atoms with Crippen molar-refractivity contribution in [2.45, 2.75) is 25.8 Å². The summed E-state index contributed by atoms with van der Waals surface area (Å²) in [5.74, 6) is -0.559. The molecule has 1 amide bonds. The van der Waals surface area contributed by atoms with Crippen LogP contribution in [0.15, 0.2) is 18.2 Å². The number of carbonyl (C=O) groups is 1. The number of nitrogens with zero attached hydrogens (tertiary/aromatic N) is 1. The Morgan fingerprint density at radius 2 is 2.24 bits per heavy atom. The van der Waals surface area contributed by atoms with Gasteiger partial charge in [0.2, 0.25) is 0 Å². The maximum absolute atomic E-state index is 13.4. The van der Waals surface area contributed by atoms with E-state index in [0.29, 0.717) is 17.7 Å². The number of amides is 1. The fraction of sp³-hybridized carbons (Fsp3) is 0.462. The molecule has 0 heterocycles.